The van der Waals surface area contributed by atoms with Gasteiger partial charge < -0.3 is 4.74 Å². The van der Waals surface area contributed by atoms with Gasteiger partial charge in [-0.05, 0) is 68.8 Å². The van der Waals surface area contributed by atoms with Gasteiger partial charge in [-0.1, -0.05) is 79.4 Å². The molecule has 3 heteroatoms. The maximum absolute atomic E-state index is 13.1. The molecular formula is C26H45NO2. The molecule has 2 atom stereocenters. The Morgan fingerprint density at radius 1 is 0.966 bits per heavy atom. The molecule has 0 N–H and O–H groups in total. The third kappa shape index (κ3) is 8.12. The largest absolute Gasteiger partial charge is 0.425 e. The molecule has 166 valence electrons. The molecule has 3 nitrogen and oxygen atoms in total. The maximum atomic E-state index is 13.1. The summed E-state index contributed by atoms with van der Waals surface area (Å²) in [4.78, 5) is 15.2. The molecule has 0 aromatic heterocycles. The molecule has 0 heterocycles. The van der Waals surface area contributed by atoms with Crippen LogP contribution in [0.2, 0.25) is 0 Å². The first-order valence-corrected chi connectivity index (χ1v) is 11.6. The van der Waals surface area contributed by atoms with Crippen molar-refractivity contribution in [2.45, 2.75) is 105 Å². The summed E-state index contributed by atoms with van der Waals surface area (Å²) in [5, 5.41) is 0. The summed E-state index contributed by atoms with van der Waals surface area (Å²) >= 11 is 0. The van der Waals surface area contributed by atoms with Crippen LogP contribution in [0, 0.1) is 5.41 Å². The van der Waals surface area contributed by atoms with Crippen LogP contribution < -0.4 is 4.74 Å². The van der Waals surface area contributed by atoms with Crippen LogP contribution in [0.5, 0.6) is 5.75 Å². The standard InChI is InChI=1S/C26H45NO2/c1-9-12-13-15-21(14-10-2)22-16-18-23(19-17-22)29-24(28)26(7,27(8)11-3)20-25(4,5)6/h16-19,21H,9-15,20H2,1-8H3. The molecule has 0 spiro atoms. The smallest absolute Gasteiger partial charge is 0.331 e. The number of unbranched alkanes of at least 4 members (excludes halogenated alkanes) is 2. The van der Waals surface area contributed by atoms with Gasteiger partial charge in [0, 0.05) is 0 Å². The highest BCUT2D eigenvalue weighted by molar-refractivity contribution is 5.82. The second-order valence-electron chi connectivity index (χ2n) is 9.97. The highest BCUT2D eigenvalue weighted by Gasteiger charge is 2.41. The average molecular weight is 404 g/mol. The minimum Gasteiger partial charge on any atom is -0.425 e. The van der Waals surface area contributed by atoms with Gasteiger partial charge in [0.15, 0.2) is 0 Å². The lowest BCUT2D eigenvalue weighted by molar-refractivity contribution is -0.148. The summed E-state index contributed by atoms with van der Waals surface area (Å²) in [6, 6.07) is 8.25. The van der Waals surface area contributed by atoms with E-state index in [1.807, 2.05) is 26.1 Å². The topological polar surface area (TPSA) is 29.5 Å². The highest BCUT2D eigenvalue weighted by atomic mass is 16.5. The van der Waals surface area contributed by atoms with Gasteiger partial charge in [0.25, 0.3) is 0 Å². The number of benzene rings is 1. The normalized spacial score (nSPS) is 15.2. The number of hydrogen-bond donors (Lipinski definition) is 0. The molecular weight excluding hydrogens is 358 g/mol. The van der Waals surface area contributed by atoms with E-state index in [0.717, 1.165) is 13.0 Å². The summed E-state index contributed by atoms with van der Waals surface area (Å²) < 4.78 is 5.86. The lowest BCUT2D eigenvalue weighted by atomic mass is 9.80. The number of carbonyl (C=O) groups is 1. The van der Waals surface area contributed by atoms with Crippen molar-refractivity contribution in [3.8, 4) is 5.75 Å². The van der Waals surface area contributed by atoms with Crippen molar-refractivity contribution < 1.29 is 9.53 Å². The SMILES string of the molecule is CCCCCC(CCC)c1ccc(OC(=O)C(C)(CC(C)(C)C)N(C)CC)cc1. The summed E-state index contributed by atoms with van der Waals surface area (Å²) in [5.74, 6) is 1.08. The Balaban J connectivity index is 2.92. The Kier molecular flexibility index (Phi) is 10.4. The van der Waals surface area contributed by atoms with Crippen molar-refractivity contribution >= 4 is 5.97 Å². The third-order valence-electron chi connectivity index (χ3n) is 5.99. The molecule has 1 rings (SSSR count). The number of esters is 1. The number of carbonyl (C=O) groups excluding carboxylic acids is 1. The van der Waals surface area contributed by atoms with Gasteiger partial charge in [-0.3, -0.25) is 4.90 Å². The zero-order chi connectivity index (χ0) is 22.1. The van der Waals surface area contributed by atoms with Gasteiger partial charge in [-0.25, -0.2) is 4.79 Å². The summed E-state index contributed by atoms with van der Waals surface area (Å²) in [6.07, 6.45) is 8.24. The number of likely N-dealkylation sites (N-methyl/N-ethyl adjacent to an activating group) is 1. The van der Waals surface area contributed by atoms with Crippen molar-refractivity contribution in [3.63, 3.8) is 0 Å². The molecule has 29 heavy (non-hydrogen) atoms. The number of rotatable bonds is 12. The molecule has 1 aromatic rings. The van der Waals surface area contributed by atoms with E-state index in [4.69, 9.17) is 4.74 Å². The number of hydrogen-bond acceptors (Lipinski definition) is 3. The van der Waals surface area contributed by atoms with Gasteiger partial charge in [0.2, 0.25) is 0 Å². The van der Waals surface area contributed by atoms with E-state index >= 15 is 0 Å². The van der Waals surface area contributed by atoms with Gasteiger partial charge >= 0.3 is 5.97 Å². The third-order valence-corrected chi connectivity index (χ3v) is 5.99. The molecule has 0 saturated carbocycles. The highest BCUT2D eigenvalue weighted by Crippen LogP contribution is 2.33. The Bertz CT molecular complexity index is 602. The summed E-state index contributed by atoms with van der Waals surface area (Å²) in [7, 11) is 2.00. The zero-order valence-electron chi connectivity index (χ0n) is 20.3. The Hall–Kier alpha value is -1.35. The van der Waals surface area contributed by atoms with E-state index in [2.05, 4.69) is 58.6 Å². The van der Waals surface area contributed by atoms with Gasteiger partial charge in [-0.2, -0.15) is 0 Å². The van der Waals surface area contributed by atoms with Crippen LogP contribution in [0.3, 0.4) is 0 Å². The van der Waals surface area contributed by atoms with E-state index in [1.165, 1.54) is 44.1 Å². The van der Waals surface area contributed by atoms with Crippen LogP contribution in [0.1, 0.15) is 105 Å². The summed E-state index contributed by atoms with van der Waals surface area (Å²) in [5.41, 5.74) is 0.759. The van der Waals surface area contributed by atoms with Crippen LogP contribution in [-0.4, -0.2) is 30.0 Å². The predicted octanol–water partition coefficient (Wildman–Crippen LogP) is 7.20. The summed E-state index contributed by atoms with van der Waals surface area (Å²) in [6.45, 7) is 15.9. The first-order valence-electron chi connectivity index (χ1n) is 11.6. The molecule has 0 aliphatic carbocycles. The van der Waals surface area contributed by atoms with Crippen LogP contribution in [-0.2, 0) is 4.79 Å². The second-order valence-corrected chi connectivity index (χ2v) is 9.97. The lowest BCUT2D eigenvalue weighted by Crippen LogP contribution is -2.54. The molecule has 0 radical (unpaired) electrons. The number of ether oxygens (including phenoxy) is 1. The predicted molar refractivity (Wildman–Crippen MR) is 125 cm³/mol. The molecule has 0 bridgehead atoms. The van der Waals surface area contributed by atoms with Crippen LogP contribution in [0.4, 0.5) is 0 Å². The molecule has 2 unspecified atom stereocenters. The molecule has 1 aromatic carbocycles. The monoisotopic (exact) mass is 403 g/mol. The van der Waals surface area contributed by atoms with Crippen molar-refractivity contribution in [2.24, 2.45) is 5.41 Å². The van der Waals surface area contributed by atoms with Crippen molar-refractivity contribution in [1.82, 2.24) is 4.90 Å². The van der Waals surface area contributed by atoms with Gasteiger partial charge in [0.05, 0.1) is 0 Å². The van der Waals surface area contributed by atoms with E-state index < -0.39 is 5.54 Å². The van der Waals surface area contributed by atoms with Crippen molar-refractivity contribution in [3.05, 3.63) is 29.8 Å². The average Bonchev–Trinajstić information content (AvgIpc) is 2.66. The second kappa shape index (κ2) is 11.7. The quantitative estimate of drug-likeness (QED) is 0.210. The Labute approximate surface area is 180 Å². The minimum atomic E-state index is -0.642. The fourth-order valence-electron chi connectivity index (χ4n) is 4.24. The molecule has 0 fully saturated rings. The molecule has 0 aliphatic heterocycles. The fraction of sp³-hybridized carbons (Fsp3) is 0.731. The maximum Gasteiger partial charge on any atom is 0.331 e. The first-order chi connectivity index (χ1) is 13.6. The lowest BCUT2D eigenvalue weighted by Gasteiger charge is -2.40. The van der Waals surface area contributed by atoms with E-state index in [0.29, 0.717) is 11.7 Å². The fourth-order valence-corrected chi connectivity index (χ4v) is 4.24. The van der Waals surface area contributed by atoms with Crippen LogP contribution >= 0.6 is 0 Å². The minimum absolute atomic E-state index is 0.0346. The van der Waals surface area contributed by atoms with Crippen LogP contribution in [0.25, 0.3) is 0 Å². The Morgan fingerprint density at radius 3 is 2.07 bits per heavy atom. The molecule has 0 aliphatic rings. The Morgan fingerprint density at radius 2 is 1.59 bits per heavy atom. The molecule has 0 amide bonds. The van der Waals surface area contributed by atoms with Crippen molar-refractivity contribution in [2.75, 3.05) is 13.6 Å². The van der Waals surface area contributed by atoms with E-state index in [9.17, 15) is 4.79 Å². The van der Waals surface area contributed by atoms with Crippen LogP contribution in [0.15, 0.2) is 24.3 Å². The van der Waals surface area contributed by atoms with Gasteiger partial charge in [-0.15, -0.1) is 0 Å². The van der Waals surface area contributed by atoms with Crippen molar-refractivity contribution in [1.29, 1.82) is 0 Å². The number of nitrogens with zero attached hydrogens (tertiary/aromatic N) is 1. The first kappa shape index (κ1) is 25.7. The zero-order valence-corrected chi connectivity index (χ0v) is 20.3. The van der Waals surface area contributed by atoms with Gasteiger partial charge in [0.1, 0.15) is 11.3 Å². The molecule has 0 saturated heterocycles. The van der Waals surface area contributed by atoms with E-state index in [1.54, 1.807) is 0 Å². The van der Waals surface area contributed by atoms with E-state index in [-0.39, 0.29) is 11.4 Å².